The van der Waals surface area contributed by atoms with Crippen molar-refractivity contribution in [3.05, 3.63) is 134 Å². The van der Waals surface area contributed by atoms with Gasteiger partial charge in [-0.25, -0.2) is 4.79 Å². The first-order chi connectivity index (χ1) is 40.6. The molecule has 468 valence electrons. The van der Waals surface area contributed by atoms with E-state index in [0.717, 1.165) is 161 Å². The Morgan fingerprint density at radius 2 is 0.783 bits per heavy atom. The molecule has 0 aromatic rings. The monoisotopic (exact) mass is 1160 g/mol. The van der Waals surface area contributed by atoms with Crippen molar-refractivity contribution in [2.75, 3.05) is 13.2 Å². The van der Waals surface area contributed by atoms with Gasteiger partial charge in [0.25, 0.3) is 0 Å². The topological polar surface area (TPSA) is 175 Å². The molecule has 6 unspecified atom stereocenters. The van der Waals surface area contributed by atoms with Crippen molar-refractivity contribution in [3.8, 4) is 0 Å². The number of aliphatic carboxylic acids is 1. The molecule has 12 heteroatoms. The van der Waals surface area contributed by atoms with Gasteiger partial charge in [-0.2, -0.15) is 0 Å². The standard InChI is InChI=1S/C71H112O12/c1-4-7-10-13-16-19-22-25-28-31-32-35-36-39-42-45-48-51-54-57-63(72)79-60-62(81-64(73)58-55-52-49-46-43-40-37-33-29-26-23-20-17-14-11-8-5-2)61-80-71-69(67(76)66(75)68(83-71)70(77)78)82-65(74)59-56-53-50-47-44-41-38-34-30-27-24-21-18-15-12-9-6-3/h7,9-10,12,16-21,25-30,32,35,39,42,48,51,62,66-69,71,75-76H,4-6,8,11,13-15,22-24,31,33-34,36-38,40-41,43-47,49-50,52-61H2,1-3H3,(H,77,78)/b10-7-,12-9-,19-16-,20-17-,21-18-,28-25-,29-26-,30-27-,35-32-,42-39-,51-48-. The smallest absolute Gasteiger partial charge is 0.335 e. The molecule has 0 aromatic carbocycles. The number of aliphatic hydroxyl groups excluding tert-OH is 2. The molecule has 83 heavy (non-hydrogen) atoms. The van der Waals surface area contributed by atoms with Crippen molar-refractivity contribution in [1.82, 2.24) is 0 Å². The Kier molecular flexibility index (Phi) is 52.4. The van der Waals surface area contributed by atoms with Gasteiger partial charge >= 0.3 is 23.9 Å². The average molecular weight is 1160 g/mol. The van der Waals surface area contributed by atoms with Crippen LogP contribution in [0.25, 0.3) is 0 Å². The molecule has 1 heterocycles. The number of aliphatic hydroxyl groups is 2. The lowest BCUT2D eigenvalue weighted by Gasteiger charge is -2.40. The summed E-state index contributed by atoms with van der Waals surface area (Å²) in [6.07, 6.45) is 68.4. The Balaban J connectivity index is 2.73. The van der Waals surface area contributed by atoms with Crippen molar-refractivity contribution in [2.24, 2.45) is 0 Å². The van der Waals surface area contributed by atoms with Crippen molar-refractivity contribution in [3.63, 3.8) is 0 Å². The zero-order valence-corrected chi connectivity index (χ0v) is 51.6. The Morgan fingerprint density at radius 1 is 0.410 bits per heavy atom. The van der Waals surface area contributed by atoms with Crippen LogP contribution < -0.4 is 0 Å². The lowest BCUT2D eigenvalue weighted by molar-refractivity contribution is -0.301. The van der Waals surface area contributed by atoms with E-state index in [4.69, 9.17) is 23.7 Å². The molecular weight excluding hydrogens is 1040 g/mol. The third-order valence-corrected chi connectivity index (χ3v) is 13.7. The predicted molar refractivity (Wildman–Crippen MR) is 340 cm³/mol. The van der Waals surface area contributed by atoms with Crippen LogP contribution in [-0.2, 0) is 42.9 Å². The largest absolute Gasteiger partial charge is 0.479 e. The van der Waals surface area contributed by atoms with Gasteiger partial charge in [-0.3, -0.25) is 14.4 Å². The third kappa shape index (κ3) is 46.9. The number of hydrogen-bond acceptors (Lipinski definition) is 11. The van der Waals surface area contributed by atoms with Crippen molar-refractivity contribution in [2.45, 2.75) is 276 Å². The number of ether oxygens (including phenoxy) is 5. The summed E-state index contributed by atoms with van der Waals surface area (Å²) in [6.45, 7) is 5.68. The lowest BCUT2D eigenvalue weighted by atomic mass is 9.98. The molecule has 0 amide bonds. The highest BCUT2D eigenvalue weighted by atomic mass is 16.7. The van der Waals surface area contributed by atoms with Gasteiger partial charge in [-0.1, -0.05) is 231 Å². The lowest BCUT2D eigenvalue weighted by Crippen LogP contribution is -2.61. The molecule has 1 saturated heterocycles. The molecule has 6 atom stereocenters. The van der Waals surface area contributed by atoms with E-state index in [9.17, 15) is 34.5 Å². The second kappa shape index (κ2) is 57.3. The maximum atomic E-state index is 13.2. The highest BCUT2D eigenvalue weighted by Crippen LogP contribution is 2.26. The molecular formula is C71H112O12. The SMILES string of the molecule is CC/C=C\C/C=C\C/C=C\C/C=C\C/C=C\C/C=C\CCC(=O)OCC(COC1OC(C(=O)O)C(O)C(O)C1OC(=O)CCCCCCCCC/C=C\C/C=C\C/C=C\CC)OC(=O)CCCCCCCCC/C=C\C/C=C\CCCCC. The van der Waals surface area contributed by atoms with Crippen LogP contribution in [0.5, 0.6) is 0 Å². The van der Waals surface area contributed by atoms with Crippen LogP contribution in [0.2, 0.25) is 0 Å². The summed E-state index contributed by atoms with van der Waals surface area (Å²) in [5.74, 6) is -3.27. The highest BCUT2D eigenvalue weighted by Gasteiger charge is 2.50. The van der Waals surface area contributed by atoms with Gasteiger partial charge in [0.2, 0.25) is 0 Å². The van der Waals surface area contributed by atoms with Gasteiger partial charge < -0.3 is 39.0 Å². The molecule has 1 aliphatic rings. The van der Waals surface area contributed by atoms with Crippen LogP contribution in [0.4, 0.5) is 0 Å². The van der Waals surface area contributed by atoms with E-state index in [-0.39, 0.29) is 25.9 Å². The molecule has 1 rings (SSSR count). The molecule has 0 bridgehead atoms. The summed E-state index contributed by atoms with van der Waals surface area (Å²) in [7, 11) is 0. The minimum absolute atomic E-state index is 0.0342. The van der Waals surface area contributed by atoms with Crippen LogP contribution in [-0.4, -0.2) is 89.2 Å². The number of carbonyl (C=O) groups excluding carboxylic acids is 3. The fourth-order valence-electron chi connectivity index (χ4n) is 8.85. The second-order valence-corrected chi connectivity index (χ2v) is 21.3. The Hall–Kier alpha value is -5.14. The Labute approximate surface area is 502 Å². The summed E-state index contributed by atoms with van der Waals surface area (Å²) >= 11 is 0. The number of unbranched alkanes of at least 4 members (excludes halogenated alkanes) is 17. The van der Waals surface area contributed by atoms with E-state index in [1.54, 1.807) is 0 Å². The number of carboxylic acid groups (broad SMARTS) is 1. The normalized spacial score (nSPS) is 18.5. The summed E-state index contributed by atoms with van der Waals surface area (Å²) in [5, 5.41) is 31.6. The summed E-state index contributed by atoms with van der Waals surface area (Å²) in [6, 6.07) is 0. The fraction of sp³-hybridized carbons (Fsp3) is 0.634. The first-order valence-corrected chi connectivity index (χ1v) is 32.2. The van der Waals surface area contributed by atoms with Crippen LogP contribution in [0, 0.1) is 0 Å². The molecule has 1 fully saturated rings. The number of hydrogen-bond donors (Lipinski definition) is 3. The molecule has 0 saturated carbocycles. The van der Waals surface area contributed by atoms with E-state index < -0.39 is 67.3 Å². The number of esters is 3. The maximum absolute atomic E-state index is 13.2. The van der Waals surface area contributed by atoms with E-state index in [1.807, 2.05) is 12.2 Å². The molecule has 0 spiro atoms. The van der Waals surface area contributed by atoms with E-state index >= 15 is 0 Å². The van der Waals surface area contributed by atoms with Gasteiger partial charge in [0.15, 0.2) is 24.6 Å². The first-order valence-electron chi connectivity index (χ1n) is 32.2. The zero-order valence-electron chi connectivity index (χ0n) is 51.6. The van der Waals surface area contributed by atoms with Gasteiger partial charge in [0.05, 0.1) is 6.61 Å². The van der Waals surface area contributed by atoms with Gasteiger partial charge in [-0.15, -0.1) is 0 Å². The summed E-state index contributed by atoms with van der Waals surface area (Å²) in [5.41, 5.74) is 0. The summed E-state index contributed by atoms with van der Waals surface area (Å²) < 4.78 is 28.4. The van der Waals surface area contributed by atoms with Gasteiger partial charge in [-0.05, 0) is 122 Å². The van der Waals surface area contributed by atoms with Crippen molar-refractivity contribution in [1.29, 1.82) is 0 Å². The van der Waals surface area contributed by atoms with Crippen LogP contribution in [0.3, 0.4) is 0 Å². The minimum atomic E-state index is -1.93. The molecule has 1 aliphatic heterocycles. The van der Waals surface area contributed by atoms with E-state index in [1.165, 1.54) is 19.3 Å². The third-order valence-electron chi connectivity index (χ3n) is 13.7. The quantitative estimate of drug-likeness (QED) is 0.0228. The molecule has 0 radical (unpaired) electrons. The predicted octanol–water partition coefficient (Wildman–Crippen LogP) is 17.3. The van der Waals surface area contributed by atoms with Crippen molar-refractivity contribution < 1.29 is 58.2 Å². The fourth-order valence-corrected chi connectivity index (χ4v) is 8.85. The number of rotatable bonds is 53. The van der Waals surface area contributed by atoms with Crippen LogP contribution in [0.15, 0.2) is 134 Å². The van der Waals surface area contributed by atoms with Crippen LogP contribution >= 0.6 is 0 Å². The molecule has 12 nitrogen and oxygen atoms in total. The minimum Gasteiger partial charge on any atom is -0.479 e. The first kappa shape index (κ1) is 75.9. The highest BCUT2D eigenvalue weighted by molar-refractivity contribution is 5.74. The zero-order chi connectivity index (χ0) is 60.3. The number of allylic oxidation sites excluding steroid dienone is 22. The van der Waals surface area contributed by atoms with E-state index in [0.29, 0.717) is 19.3 Å². The number of carboxylic acids is 1. The van der Waals surface area contributed by atoms with Crippen molar-refractivity contribution >= 4 is 23.9 Å². The van der Waals surface area contributed by atoms with Gasteiger partial charge in [0.1, 0.15) is 18.8 Å². The Bertz CT molecular complexity index is 1950. The van der Waals surface area contributed by atoms with Gasteiger partial charge in [0, 0.05) is 19.3 Å². The summed E-state index contributed by atoms with van der Waals surface area (Å²) in [4.78, 5) is 51.3. The number of carbonyl (C=O) groups is 4. The Morgan fingerprint density at radius 3 is 1.20 bits per heavy atom. The maximum Gasteiger partial charge on any atom is 0.335 e. The van der Waals surface area contributed by atoms with Crippen LogP contribution in [0.1, 0.15) is 239 Å². The van der Waals surface area contributed by atoms with E-state index in [2.05, 4.69) is 142 Å². The second-order valence-electron chi connectivity index (χ2n) is 21.3. The molecule has 0 aromatic heterocycles. The molecule has 3 N–H and O–H groups in total. The average Bonchev–Trinajstić information content (AvgIpc) is 3.59. The molecule has 0 aliphatic carbocycles.